The first-order valence-electron chi connectivity index (χ1n) is 8.63. The van der Waals surface area contributed by atoms with E-state index in [1.165, 1.54) is 0 Å². The first-order chi connectivity index (χ1) is 12.3. The molecule has 0 aromatic carbocycles. The van der Waals surface area contributed by atoms with Gasteiger partial charge < -0.3 is 20.1 Å². The average Bonchev–Trinajstić information content (AvgIpc) is 3.23. The number of carbonyl (C=O) groups is 1. The highest BCUT2D eigenvalue weighted by atomic mass is 16.6. The largest absolute Gasteiger partial charge is 0.478 e. The van der Waals surface area contributed by atoms with E-state index >= 15 is 0 Å². The van der Waals surface area contributed by atoms with Crippen molar-refractivity contribution in [1.29, 1.82) is 0 Å². The highest BCUT2D eigenvalue weighted by Crippen LogP contribution is 2.36. The second kappa shape index (κ2) is 7.00. The molecule has 1 aliphatic heterocycles. The van der Waals surface area contributed by atoms with Crippen molar-refractivity contribution in [1.82, 2.24) is 20.5 Å². The van der Waals surface area contributed by atoms with E-state index in [4.69, 9.17) is 9.47 Å². The van der Waals surface area contributed by atoms with Gasteiger partial charge >= 0.3 is 6.09 Å². The van der Waals surface area contributed by atoms with Gasteiger partial charge in [-0.2, -0.15) is 10.1 Å². The Labute approximate surface area is 145 Å². The van der Waals surface area contributed by atoms with Crippen LogP contribution < -0.4 is 15.4 Å². The Bertz CT molecular complexity index is 747. The number of fused-ring (bicyclic) bond motifs is 7. The van der Waals surface area contributed by atoms with Crippen LogP contribution in [0, 0.1) is 0 Å². The zero-order chi connectivity index (χ0) is 17.1. The zero-order valence-electron chi connectivity index (χ0n) is 13.8. The van der Waals surface area contributed by atoms with Crippen LogP contribution in [0.5, 0.6) is 5.88 Å². The van der Waals surface area contributed by atoms with Crippen molar-refractivity contribution in [2.45, 2.75) is 37.7 Å². The summed E-state index contributed by atoms with van der Waals surface area (Å²) in [7, 11) is 0. The number of aromatic nitrogens is 3. The second-order valence-electron chi connectivity index (χ2n) is 6.36. The van der Waals surface area contributed by atoms with Gasteiger partial charge in [0.15, 0.2) is 5.82 Å². The number of carbonyl (C=O) groups excluding carboxylic acids is 1. The van der Waals surface area contributed by atoms with Crippen molar-refractivity contribution < 1.29 is 14.3 Å². The predicted octanol–water partition coefficient (Wildman–Crippen LogP) is 2.69. The molecule has 1 saturated carbocycles. The molecule has 8 heteroatoms. The Balaban J connectivity index is 1.54. The van der Waals surface area contributed by atoms with Crippen molar-refractivity contribution in [3.05, 3.63) is 30.0 Å². The molecule has 8 nitrogen and oxygen atoms in total. The lowest BCUT2D eigenvalue weighted by Crippen LogP contribution is -2.29. The quantitative estimate of drug-likeness (QED) is 0.680. The minimum absolute atomic E-state index is 0.0479. The number of alkyl carbamates (subject to hydrolysis) is 1. The van der Waals surface area contributed by atoms with Gasteiger partial charge in [0.1, 0.15) is 11.9 Å². The van der Waals surface area contributed by atoms with Crippen LogP contribution in [0.4, 0.5) is 16.4 Å². The van der Waals surface area contributed by atoms with Crippen LogP contribution in [0.3, 0.4) is 0 Å². The third kappa shape index (κ3) is 3.84. The smallest absolute Gasteiger partial charge is 0.407 e. The maximum Gasteiger partial charge on any atom is 0.407 e. The van der Waals surface area contributed by atoms with Gasteiger partial charge in [0, 0.05) is 30.3 Å². The van der Waals surface area contributed by atoms with E-state index in [0.29, 0.717) is 43.0 Å². The molecule has 2 aromatic rings. The van der Waals surface area contributed by atoms with E-state index in [1.807, 2.05) is 18.2 Å². The number of nitrogens with one attached hydrogen (secondary N) is 3. The van der Waals surface area contributed by atoms with Gasteiger partial charge in [0.2, 0.25) is 5.88 Å². The van der Waals surface area contributed by atoms with Crippen LogP contribution in [0.1, 0.15) is 37.3 Å². The van der Waals surface area contributed by atoms with Gasteiger partial charge in [0.25, 0.3) is 0 Å². The number of H-pyrrole nitrogens is 1. The molecule has 1 amide bonds. The molecule has 1 aliphatic carbocycles. The van der Waals surface area contributed by atoms with E-state index in [1.54, 1.807) is 6.07 Å². The molecule has 2 aromatic heterocycles. The molecular formula is C17H21N5O3. The Morgan fingerprint density at radius 1 is 1.20 bits per heavy atom. The fourth-order valence-electron chi connectivity index (χ4n) is 3.27. The van der Waals surface area contributed by atoms with Crippen molar-refractivity contribution in [2.24, 2.45) is 0 Å². The fourth-order valence-corrected chi connectivity index (χ4v) is 3.27. The molecule has 2 atom stereocenters. The lowest BCUT2D eigenvalue weighted by Gasteiger charge is -2.13. The molecule has 3 N–H and O–H groups in total. The standard InChI is InChI=1S/C17H21N5O3/c23-17-18-7-2-8-24-16-4-1-3-14(20-16)19-15-10-13(21-22-15)11-5-6-12(9-11)25-17/h1,3-4,10-12H,2,5-9H2,(H,18,23)(H2,19,20,21,22)/t11-,12+/m0/s1. The summed E-state index contributed by atoms with van der Waals surface area (Å²) in [6.45, 7) is 0.977. The first-order valence-corrected chi connectivity index (χ1v) is 8.63. The lowest BCUT2D eigenvalue weighted by atomic mass is 10.0. The number of rotatable bonds is 0. The highest BCUT2D eigenvalue weighted by molar-refractivity contribution is 5.67. The molecule has 2 aliphatic rings. The third-order valence-corrected chi connectivity index (χ3v) is 4.52. The molecule has 0 unspecified atom stereocenters. The van der Waals surface area contributed by atoms with Gasteiger partial charge in [-0.15, -0.1) is 0 Å². The van der Waals surface area contributed by atoms with Gasteiger partial charge in [0.05, 0.1) is 6.61 Å². The summed E-state index contributed by atoms with van der Waals surface area (Å²) in [5.41, 5.74) is 1.05. The monoisotopic (exact) mass is 343 g/mol. The van der Waals surface area contributed by atoms with Gasteiger partial charge in [-0.25, -0.2) is 4.79 Å². The molecule has 3 heterocycles. The molecule has 132 valence electrons. The summed E-state index contributed by atoms with van der Waals surface area (Å²) in [4.78, 5) is 16.3. The zero-order valence-corrected chi connectivity index (χ0v) is 13.8. The molecule has 4 rings (SSSR count). The minimum Gasteiger partial charge on any atom is -0.478 e. The summed E-state index contributed by atoms with van der Waals surface area (Å²) in [5.74, 6) is 2.25. The number of nitrogens with zero attached hydrogens (tertiary/aromatic N) is 2. The molecule has 6 bridgehead atoms. The normalized spacial score (nSPS) is 23.6. The number of amides is 1. The number of anilines is 2. The van der Waals surface area contributed by atoms with Crippen LogP contribution in [0.15, 0.2) is 24.3 Å². The highest BCUT2D eigenvalue weighted by Gasteiger charge is 2.29. The van der Waals surface area contributed by atoms with Crippen molar-refractivity contribution in [2.75, 3.05) is 18.5 Å². The minimum atomic E-state index is -0.359. The topological polar surface area (TPSA) is 101 Å². The molecule has 0 saturated heterocycles. The SMILES string of the molecule is O=C1NCCCOc2cccc(n2)Nc2cc([nH]n2)[C@H]2CC[C@H](C2)O1. The Morgan fingerprint density at radius 2 is 2.16 bits per heavy atom. The van der Waals surface area contributed by atoms with Crippen molar-refractivity contribution in [3.63, 3.8) is 0 Å². The van der Waals surface area contributed by atoms with E-state index in [-0.39, 0.29) is 12.2 Å². The van der Waals surface area contributed by atoms with Crippen molar-refractivity contribution >= 4 is 17.7 Å². The Hall–Kier alpha value is -2.77. The van der Waals surface area contributed by atoms with Crippen LogP contribution in [-0.4, -0.2) is 40.5 Å². The molecule has 25 heavy (non-hydrogen) atoms. The molecule has 0 spiro atoms. The van der Waals surface area contributed by atoms with Gasteiger partial charge in [-0.1, -0.05) is 6.07 Å². The fraction of sp³-hybridized carbons (Fsp3) is 0.471. The summed E-state index contributed by atoms with van der Waals surface area (Å²) < 4.78 is 11.1. The molecule has 0 radical (unpaired) electrons. The van der Waals surface area contributed by atoms with Crippen LogP contribution >= 0.6 is 0 Å². The summed E-state index contributed by atoms with van der Waals surface area (Å²) >= 11 is 0. The van der Waals surface area contributed by atoms with Crippen LogP contribution in [0.25, 0.3) is 0 Å². The maximum atomic E-state index is 11.9. The van der Waals surface area contributed by atoms with E-state index < -0.39 is 0 Å². The molecule has 1 fully saturated rings. The molecular weight excluding hydrogens is 322 g/mol. The Morgan fingerprint density at radius 3 is 3.12 bits per heavy atom. The Kier molecular flexibility index (Phi) is 4.41. The van der Waals surface area contributed by atoms with E-state index in [9.17, 15) is 4.79 Å². The first kappa shape index (κ1) is 15.7. The number of ether oxygens (including phenoxy) is 2. The van der Waals surface area contributed by atoms with Crippen LogP contribution in [0.2, 0.25) is 0 Å². The van der Waals surface area contributed by atoms with E-state index in [0.717, 1.165) is 25.0 Å². The average molecular weight is 343 g/mol. The predicted molar refractivity (Wildman–Crippen MR) is 91.1 cm³/mol. The lowest BCUT2D eigenvalue weighted by molar-refractivity contribution is 0.0997. The second-order valence-corrected chi connectivity index (χ2v) is 6.36. The number of hydrogen-bond acceptors (Lipinski definition) is 6. The summed E-state index contributed by atoms with van der Waals surface area (Å²) in [6, 6.07) is 7.54. The maximum absolute atomic E-state index is 11.9. The van der Waals surface area contributed by atoms with Crippen LogP contribution in [-0.2, 0) is 4.74 Å². The number of pyridine rings is 1. The third-order valence-electron chi connectivity index (χ3n) is 4.52. The summed E-state index contributed by atoms with van der Waals surface area (Å²) in [5, 5.41) is 13.4. The van der Waals surface area contributed by atoms with E-state index in [2.05, 4.69) is 25.8 Å². The number of hydrogen-bond donors (Lipinski definition) is 3. The van der Waals surface area contributed by atoms with Gasteiger partial charge in [-0.3, -0.25) is 5.10 Å². The number of aromatic amines is 1. The van der Waals surface area contributed by atoms with Crippen molar-refractivity contribution in [3.8, 4) is 5.88 Å². The summed E-state index contributed by atoms with van der Waals surface area (Å²) in [6.07, 6.45) is 2.93. The van der Waals surface area contributed by atoms with Gasteiger partial charge in [-0.05, 0) is 31.7 Å².